The highest BCUT2D eigenvalue weighted by Gasteiger charge is 2.47. The zero-order valence-corrected chi connectivity index (χ0v) is 12.6. The Labute approximate surface area is 136 Å². The molecule has 1 fully saturated rings. The Kier molecular flexibility index (Phi) is 9.94. The fourth-order valence-corrected chi connectivity index (χ4v) is 1.63. The lowest BCUT2D eigenvalue weighted by atomic mass is 9.98. The van der Waals surface area contributed by atoms with Crippen molar-refractivity contribution in [1.82, 2.24) is 0 Å². The van der Waals surface area contributed by atoms with Gasteiger partial charge in [-0.05, 0) is 0 Å². The largest absolute Gasteiger partial charge is 0.394 e. The standard InChI is InChI=1S/2C6H12O6/c7-2-6(11)5(10)4(9)3(8)1-12-6;7-1-3(9)5(11)6(12)4(10)2-8/h3-5,7-11H,1-2H2;3,5-9,11-12H,1-2H2/t3-,4-,5?,6+;/m0./s1. The normalized spacial score (nSPS) is 33.8. The zero-order chi connectivity index (χ0) is 19.1. The van der Waals surface area contributed by atoms with E-state index in [9.17, 15) is 9.90 Å². The minimum atomic E-state index is -2.17. The van der Waals surface area contributed by atoms with E-state index in [0.717, 1.165) is 0 Å². The van der Waals surface area contributed by atoms with Crippen LogP contribution in [0, 0.1) is 0 Å². The fraction of sp³-hybridized carbons (Fsp3) is 0.917. The summed E-state index contributed by atoms with van der Waals surface area (Å²) in [5.74, 6) is -3.17. The van der Waals surface area contributed by atoms with Crippen molar-refractivity contribution in [1.29, 1.82) is 0 Å². The number of Topliss-reactive ketones (excluding diaryl/α,β-unsaturated/α-hetero) is 1. The second-order valence-corrected chi connectivity index (χ2v) is 5.13. The molecule has 0 aliphatic carbocycles. The molecule has 0 bridgehead atoms. The third-order valence-corrected chi connectivity index (χ3v) is 3.30. The Morgan fingerprint density at radius 2 is 1.67 bits per heavy atom. The molecule has 10 N–H and O–H groups in total. The lowest BCUT2D eigenvalue weighted by molar-refractivity contribution is -0.331. The number of rotatable bonds is 6. The number of hydrogen-bond donors (Lipinski definition) is 10. The van der Waals surface area contributed by atoms with E-state index in [1.165, 1.54) is 0 Å². The van der Waals surface area contributed by atoms with Gasteiger partial charge in [-0.1, -0.05) is 0 Å². The molecule has 0 amide bonds. The van der Waals surface area contributed by atoms with Crippen molar-refractivity contribution in [2.75, 3.05) is 26.4 Å². The van der Waals surface area contributed by atoms with E-state index in [1.54, 1.807) is 0 Å². The van der Waals surface area contributed by atoms with Gasteiger partial charge >= 0.3 is 0 Å². The van der Waals surface area contributed by atoms with Gasteiger partial charge in [0.25, 0.3) is 0 Å². The molecule has 0 spiro atoms. The van der Waals surface area contributed by atoms with E-state index >= 15 is 0 Å². The van der Waals surface area contributed by atoms with Crippen LogP contribution in [-0.2, 0) is 9.53 Å². The first kappa shape index (κ1) is 23.2. The summed E-state index contributed by atoms with van der Waals surface area (Å²) in [5.41, 5.74) is 0. The van der Waals surface area contributed by atoms with Gasteiger partial charge in [0, 0.05) is 0 Å². The summed E-state index contributed by atoms with van der Waals surface area (Å²) < 4.78 is 4.56. The topological polar surface area (TPSA) is 229 Å². The van der Waals surface area contributed by atoms with Gasteiger partial charge in [0.15, 0.2) is 5.78 Å². The van der Waals surface area contributed by atoms with E-state index in [1.807, 2.05) is 0 Å². The molecule has 1 aliphatic heterocycles. The summed E-state index contributed by atoms with van der Waals surface area (Å²) in [6, 6.07) is 0. The van der Waals surface area contributed by atoms with Crippen LogP contribution in [0.5, 0.6) is 0 Å². The molecule has 12 heteroatoms. The van der Waals surface area contributed by atoms with Crippen molar-refractivity contribution in [3.05, 3.63) is 0 Å². The maximum absolute atomic E-state index is 10.5. The Hall–Kier alpha value is -0.770. The highest BCUT2D eigenvalue weighted by molar-refractivity contribution is 5.84. The number of ketones is 1. The van der Waals surface area contributed by atoms with Crippen LogP contribution in [-0.4, -0.2) is 126 Å². The first-order valence-electron chi connectivity index (χ1n) is 6.85. The van der Waals surface area contributed by atoms with Gasteiger partial charge in [-0.2, -0.15) is 0 Å². The van der Waals surface area contributed by atoms with Crippen molar-refractivity contribution < 1.29 is 60.6 Å². The third-order valence-electron chi connectivity index (χ3n) is 3.30. The molecule has 0 aromatic heterocycles. The zero-order valence-electron chi connectivity index (χ0n) is 12.6. The number of carbonyl (C=O) groups is 1. The van der Waals surface area contributed by atoms with E-state index in [0.29, 0.717) is 0 Å². The fourth-order valence-electron chi connectivity index (χ4n) is 1.63. The minimum absolute atomic E-state index is 0.324. The quantitative estimate of drug-likeness (QED) is 0.213. The predicted molar refractivity (Wildman–Crippen MR) is 73.2 cm³/mol. The summed E-state index contributed by atoms with van der Waals surface area (Å²) in [7, 11) is 0. The van der Waals surface area contributed by atoms with Crippen LogP contribution in [0.2, 0.25) is 0 Å². The van der Waals surface area contributed by atoms with Crippen LogP contribution >= 0.6 is 0 Å². The van der Waals surface area contributed by atoms with E-state index < -0.39 is 68.0 Å². The molecule has 0 saturated carbocycles. The summed E-state index contributed by atoms with van der Waals surface area (Å²) in [5, 5.41) is 88.0. The van der Waals surface area contributed by atoms with Crippen molar-refractivity contribution in [2.24, 2.45) is 0 Å². The van der Waals surface area contributed by atoms with E-state index in [2.05, 4.69) is 4.74 Å². The van der Waals surface area contributed by atoms with Crippen LogP contribution in [0.1, 0.15) is 0 Å². The van der Waals surface area contributed by atoms with Gasteiger partial charge in [0.05, 0.1) is 19.8 Å². The molecule has 1 heterocycles. The smallest absolute Gasteiger partial charge is 0.218 e. The lowest BCUT2D eigenvalue weighted by Crippen LogP contribution is -2.62. The number of ether oxygens (including phenoxy) is 1. The Morgan fingerprint density at radius 3 is 2.08 bits per heavy atom. The van der Waals surface area contributed by atoms with Crippen LogP contribution in [0.3, 0.4) is 0 Å². The molecular weight excluding hydrogens is 336 g/mol. The van der Waals surface area contributed by atoms with Gasteiger partial charge < -0.3 is 55.8 Å². The third kappa shape index (κ3) is 5.94. The second kappa shape index (κ2) is 10.3. The summed E-state index contributed by atoms with van der Waals surface area (Å²) in [4.78, 5) is 10.5. The molecular formula is C12H24O12. The van der Waals surface area contributed by atoms with Crippen LogP contribution in [0.4, 0.5) is 0 Å². The molecule has 12 nitrogen and oxygen atoms in total. The summed E-state index contributed by atoms with van der Waals surface area (Å²) in [6.45, 7) is -2.85. The number of hydrogen-bond acceptors (Lipinski definition) is 12. The molecule has 144 valence electrons. The molecule has 1 aliphatic rings. The maximum atomic E-state index is 10.5. The van der Waals surface area contributed by atoms with Crippen LogP contribution < -0.4 is 0 Å². The Bertz CT molecular complexity index is 379. The molecule has 4 unspecified atom stereocenters. The number of carbonyl (C=O) groups excluding carboxylic acids is 1. The molecule has 0 aromatic rings. The van der Waals surface area contributed by atoms with Gasteiger partial charge in [-0.3, -0.25) is 4.79 Å². The molecule has 1 rings (SSSR count). The predicted octanol–water partition coefficient (Wildman–Crippen LogP) is -6.60. The Balaban J connectivity index is 0.000000441. The van der Waals surface area contributed by atoms with E-state index in [-0.39, 0.29) is 6.61 Å². The molecule has 24 heavy (non-hydrogen) atoms. The van der Waals surface area contributed by atoms with Crippen molar-refractivity contribution >= 4 is 5.78 Å². The summed E-state index contributed by atoms with van der Waals surface area (Å²) >= 11 is 0. The average molecular weight is 360 g/mol. The van der Waals surface area contributed by atoms with Crippen LogP contribution in [0.15, 0.2) is 0 Å². The monoisotopic (exact) mass is 360 g/mol. The van der Waals surface area contributed by atoms with Crippen molar-refractivity contribution in [3.63, 3.8) is 0 Å². The maximum Gasteiger partial charge on any atom is 0.218 e. The first-order chi connectivity index (χ1) is 11.0. The van der Waals surface area contributed by atoms with Crippen LogP contribution in [0.25, 0.3) is 0 Å². The van der Waals surface area contributed by atoms with Crippen molar-refractivity contribution in [2.45, 2.75) is 42.4 Å². The van der Waals surface area contributed by atoms with Gasteiger partial charge in [-0.15, -0.1) is 0 Å². The molecule has 0 radical (unpaired) electrons. The first-order valence-corrected chi connectivity index (χ1v) is 6.85. The van der Waals surface area contributed by atoms with Crippen molar-refractivity contribution in [3.8, 4) is 0 Å². The number of aliphatic hydroxyl groups is 10. The number of aliphatic hydroxyl groups excluding tert-OH is 9. The van der Waals surface area contributed by atoms with E-state index in [4.69, 9.17) is 46.0 Å². The lowest BCUT2D eigenvalue weighted by Gasteiger charge is -2.40. The molecule has 0 aromatic carbocycles. The summed E-state index contributed by atoms with van der Waals surface area (Å²) in [6.07, 6.45) is -9.67. The average Bonchev–Trinajstić information content (AvgIpc) is 2.61. The minimum Gasteiger partial charge on any atom is -0.394 e. The Morgan fingerprint density at radius 1 is 1.12 bits per heavy atom. The SMILES string of the molecule is O=C(CO)C(O)C(O)C(O)CO.OC[C@@]1(O)OC[C@H](O)[C@H](O)C1O. The highest BCUT2D eigenvalue weighted by atomic mass is 16.7. The van der Waals surface area contributed by atoms with Gasteiger partial charge in [-0.25, -0.2) is 0 Å². The molecule has 1 saturated heterocycles. The molecule has 7 atom stereocenters. The van der Waals surface area contributed by atoms with Gasteiger partial charge in [0.1, 0.15) is 43.2 Å². The van der Waals surface area contributed by atoms with Gasteiger partial charge in [0.2, 0.25) is 5.79 Å². The highest BCUT2D eigenvalue weighted by Crippen LogP contribution is 2.22. The second-order valence-electron chi connectivity index (χ2n) is 5.13.